The summed E-state index contributed by atoms with van der Waals surface area (Å²) in [6, 6.07) is 9.70. The lowest BCUT2D eigenvalue weighted by molar-refractivity contribution is 0.0915. The maximum atomic E-state index is 12.0. The van der Waals surface area contributed by atoms with Crippen LogP contribution in [-0.2, 0) is 6.42 Å². The second-order valence-electron chi connectivity index (χ2n) is 4.86. The number of nitrogens with one attached hydrogen (secondary N) is 2. The second-order valence-corrected chi connectivity index (χ2v) is 4.86. The lowest BCUT2D eigenvalue weighted by Crippen LogP contribution is -2.33. The van der Waals surface area contributed by atoms with Crippen molar-refractivity contribution in [2.45, 2.75) is 26.4 Å². The summed E-state index contributed by atoms with van der Waals surface area (Å²) in [5, 5.41) is 19.4. The summed E-state index contributed by atoms with van der Waals surface area (Å²) in [6.45, 7) is 3.80. The van der Waals surface area contributed by atoms with Gasteiger partial charge in [0.15, 0.2) is 0 Å². The first-order valence-electron chi connectivity index (χ1n) is 6.59. The van der Waals surface area contributed by atoms with Crippen molar-refractivity contribution < 1.29 is 9.90 Å². The summed E-state index contributed by atoms with van der Waals surface area (Å²) >= 11 is 0. The van der Waals surface area contributed by atoms with Crippen LogP contribution in [0.5, 0.6) is 0 Å². The molecule has 0 fully saturated rings. The fourth-order valence-corrected chi connectivity index (χ4v) is 2.14. The molecular formula is C15H19N3O2. The quantitative estimate of drug-likeness (QED) is 0.769. The Bertz CT molecular complexity index is 559. The molecule has 1 unspecified atom stereocenters. The van der Waals surface area contributed by atoms with Crippen LogP contribution in [-0.4, -0.2) is 33.9 Å². The van der Waals surface area contributed by atoms with E-state index in [-0.39, 0.29) is 12.5 Å². The fraction of sp³-hybridized carbons (Fsp3) is 0.333. The summed E-state index contributed by atoms with van der Waals surface area (Å²) in [7, 11) is 0. The van der Waals surface area contributed by atoms with Crippen molar-refractivity contribution >= 4 is 5.91 Å². The number of aliphatic hydroxyl groups excluding tert-OH is 1. The number of aliphatic hydroxyl groups is 1. The Labute approximate surface area is 118 Å². The molecule has 20 heavy (non-hydrogen) atoms. The predicted molar refractivity (Wildman–Crippen MR) is 76.5 cm³/mol. The molecule has 3 N–H and O–H groups in total. The van der Waals surface area contributed by atoms with Crippen molar-refractivity contribution in [3.63, 3.8) is 0 Å². The van der Waals surface area contributed by atoms with Crippen LogP contribution in [0.2, 0.25) is 0 Å². The van der Waals surface area contributed by atoms with Gasteiger partial charge in [-0.2, -0.15) is 5.10 Å². The molecule has 0 aliphatic rings. The molecule has 1 aromatic carbocycles. The molecule has 106 valence electrons. The Kier molecular flexibility index (Phi) is 4.53. The van der Waals surface area contributed by atoms with Crippen LogP contribution in [0.3, 0.4) is 0 Å². The molecule has 2 rings (SSSR count). The van der Waals surface area contributed by atoms with Crippen molar-refractivity contribution in [3.05, 3.63) is 52.8 Å². The summed E-state index contributed by atoms with van der Waals surface area (Å²) in [6.07, 6.45) is -0.0846. The molecule has 5 nitrogen and oxygen atoms in total. The zero-order chi connectivity index (χ0) is 14.5. The van der Waals surface area contributed by atoms with E-state index in [0.717, 1.165) is 11.3 Å². The van der Waals surface area contributed by atoms with Crippen LogP contribution in [0.25, 0.3) is 0 Å². The number of carbonyl (C=O) groups is 1. The minimum Gasteiger partial charge on any atom is -0.391 e. The van der Waals surface area contributed by atoms with Gasteiger partial charge in [0.2, 0.25) is 0 Å². The number of benzene rings is 1. The highest BCUT2D eigenvalue weighted by Gasteiger charge is 2.16. The smallest absolute Gasteiger partial charge is 0.255 e. The van der Waals surface area contributed by atoms with E-state index in [1.165, 1.54) is 0 Å². The summed E-state index contributed by atoms with van der Waals surface area (Å²) in [5.74, 6) is -0.208. The van der Waals surface area contributed by atoms with E-state index < -0.39 is 6.10 Å². The van der Waals surface area contributed by atoms with Gasteiger partial charge in [-0.3, -0.25) is 9.89 Å². The molecule has 1 amide bonds. The molecule has 1 heterocycles. The lowest BCUT2D eigenvalue weighted by atomic mass is 10.1. The highest BCUT2D eigenvalue weighted by atomic mass is 16.3. The van der Waals surface area contributed by atoms with Gasteiger partial charge >= 0.3 is 0 Å². The monoisotopic (exact) mass is 273 g/mol. The summed E-state index contributed by atoms with van der Waals surface area (Å²) in [4.78, 5) is 12.0. The van der Waals surface area contributed by atoms with E-state index in [1.807, 2.05) is 30.3 Å². The zero-order valence-corrected chi connectivity index (χ0v) is 11.7. The van der Waals surface area contributed by atoms with Crippen LogP contribution >= 0.6 is 0 Å². The number of nitrogens with zero attached hydrogens (tertiary/aromatic N) is 1. The van der Waals surface area contributed by atoms with Crippen molar-refractivity contribution in [1.82, 2.24) is 15.5 Å². The molecule has 0 spiro atoms. The normalized spacial score (nSPS) is 12.2. The van der Waals surface area contributed by atoms with Gasteiger partial charge in [-0.25, -0.2) is 0 Å². The fourth-order valence-electron chi connectivity index (χ4n) is 2.14. The molecule has 2 aromatic rings. The Morgan fingerprint density at radius 1 is 1.35 bits per heavy atom. The van der Waals surface area contributed by atoms with Crippen LogP contribution in [0, 0.1) is 13.8 Å². The number of aromatic amines is 1. The number of aryl methyl sites for hydroxylation is 2. The van der Waals surface area contributed by atoms with E-state index in [1.54, 1.807) is 13.8 Å². The highest BCUT2D eigenvalue weighted by Crippen LogP contribution is 2.09. The van der Waals surface area contributed by atoms with Gasteiger partial charge < -0.3 is 10.4 Å². The molecule has 0 aliphatic heterocycles. The minimum atomic E-state index is -0.603. The molecule has 0 radical (unpaired) electrons. The average molecular weight is 273 g/mol. The molecule has 0 saturated heterocycles. The van der Waals surface area contributed by atoms with Crippen molar-refractivity contribution in [2.24, 2.45) is 0 Å². The third kappa shape index (κ3) is 3.45. The number of rotatable bonds is 5. The molecule has 1 aromatic heterocycles. The van der Waals surface area contributed by atoms with Gasteiger partial charge in [0.1, 0.15) is 0 Å². The summed E-state index contributed by atoms with van der Waals surface area (Å²) in [5.41, 5.74) is 3.00. The first-order valence-corrected chi connectivity index (χ1v) is 6.59. The standard InChI is InChI=1S/C15H19N3O2/c1-10-14(11(2)18-17-10)15(20)16-9-13(19)8-12-6-4-3-5-7-12/h3-7,13,19H,8-9H2,1-2H3,(H,16,20)(H,17,18). The molecule has 5 heteroatoms. The van der Waals surface area contributed by atoms with Gasteiger partial charge in [-0.15, -0.1) is 0 Å². The first kappa shape index (κ1) is 14.3. The Balaban J connectivity index is 1.87. The zero-order valence-electron chi connectivity index (χ0n) is 11.7. The highest BCUT2D eigenvalue weighted by molar-refractivity contribution is 5.96. The SMILES string of the molecule is Cc1n[nH]c(C)c1C(=O)NCC(O)Cc1ccccc1. The van der Waals surface area contributed by atoms with E-state index in [0.29, 0.717) is 17.7 Å². The van der Waals surface area contributed by atoms with Gasteiger partial charge in [0.25, 0.3) is 5.91 Å². The number of amides is 1. The second kappa shape index (κ2) is 6.34. The van der Waals surface area contributed by atoms with Crippen LogP contribution < -0.4 is 5.32 Å². The molecule has 0 saturated carbocycles. The Hall–Kier alpha value is -2.14. The third-order valence-corrected chi connectivity index (χ3v) is 3.17. The number of carbonyl (C=O) groups excluding carboxylic acids is 1. The van der Waals surface area contributed by atoms with E-state index in [2.05, 4.69) is 15.5 Å². The molecule has 0 aliphatic carbocycles. The van der Waals surface area contributed by atoms with E-state index in [4.69, 9.17) is 0 Å². The van der Waals surface area contributed by atoms with Crippen molar-refractivity contribution in [2.75, 3.05) is 6.54 Å². The van der Waals surface area contributed by atoms with Gasteiger partial charge in [-0.05, 0) is 19.4 Å². The maximum Gasteiger partial charge on any atom is 0.255 e. The predicted octanol–water partition coefficient (Wildman–Crippen LogP) is 1.36. The largest absolute Gasteiger partial charge is 0.391 e. The molecular weight excluding hydrogens is 254 g/mol. The van der Waals surface area contributed by atoms with Crippen LogP contribution in [0.1, 0.15) is 27.3 Å². The minimum absolute atomic E-state index is 0.208. The first-order chi connectivity index (χ1) is 9.58. The van der Waals surface area contributed by atoms with E-state index in [9.17, 15) is 9.90 Å². The summed E-state index contributed by atoms with van der Waals surface area (Å²) < 4.78 is 0. The lowest BCUT2D eigenvalue weighted by Gasteiger charge is -2.12. The van der Waals surface area contributed by atoms with E-state index >= 15 is 0 Å². The average Bonchev–Trinajstić information content (AvgIpc) is 2.77. The van der Waals surface area contributed by atoms with Crippen molar-refractivity contribution in [1.29, 1.82) is 0 Å². The van der Waals surface area contributed by atoms with Crippen LogP contribution in [0.15, 0.2) is 30.3 Å². The molecule has 0 bridgehead atoms. The third-order valence-electron chi connectivity index (χ3n) is 3.17. The van der Waals surface area contributed by atoms with Gasteiger partial charge in [-0.1, -0.05) is 30.3 Å². The topological polar surface area (TPSA) is 78.0 Å². The Morgan fingerprint density at radius 2 is 2.05 bits per heavy atom. The van der Waals surface area contributed by atoms with Crippen LogP contribution in [0.4, 0.5) is 0 Å². The number of hydrogen-bond acceptors (Lipinski definition) is 3. The number of aromatic nitrogens is 2. The van der Waals surface area contributed by atoms with Gasteiger partial charge in [0.05, 0.1) is 17.4 Å². The van der Waals surface area contributed by atoms with Crippen molar-refractivity contribution in [3.8, 4) is 0 Å². The Morgan fingerprint density at radius 3 is 2.65 bits per heavy atom. The number of hydrogen-bond donors (Lipinski definition) is 3. The maximum absolute atomic E-state index is 12.0. The molecule has 1 atom stereocenters. The number of H-pyrrole nitrogens is 1. The van der Waals surface area contributed by atoms with Gasteiger partial charge in [0, 0.05) is 18.7 Å².